The second-order valence-electron chi connectivity index (χ2n) is 7.46. The molecular formula is C21H31N7O2S. The van der Waals surface area contributed by atoms with E-state index in [2.05, 4.69) is 36.8 Å². The fourth-order valence-corrected chi connectivity index (χ4v) is 4.08. The number of thioether (sulfide) groups is 1. The zero-order valence-electron chi connectivity index (χ0n) is 18.1. The molecule has 1 amide bonds. The van der Waals surface area contributed by atoms with Crippen molar-refractivity contribution in [2.45, 2.75) is 43.8 Å². The van der Waals surface area contributed by atoms with Crippen molar-refractivity contribution in [3.05, 3.63) is 36.0 Å². The molecular weight excluding hydrogens is 414 g/mol. The quantitative estimate of drug-likeness (QED) is 0.302. The van der Waals surface area contributed by atoms with Crippen molar-refractivity contribution in [3.63, 3.8) is 0 Å². The fraction of sp³-hybridized carbons (Fsp3) is 0.571. The molecule has 10 heteroatoms. The number of carbonyl (C=O) groups is 1. The lowest BCUT2D eigenvalue weighted by molar-refractivity contribution is -0.120. The number of pyridine rings is 1. The van der Waals surface area contributed by atoms with Crippen molar-refractivity contribution < 1.29 is 9.53 Å². The number of ether oxygens (including phenoxy) is 1. The summed E-state index contributed by atoms with van der Waals surface area (Å²) in [6.45, 7) is 4.22. The van der Waals surface area contributed by atoms with Crippen LogP contribution < -0.4 is 10.1 Å². The van der Waals surface area contributed by atoms with Crippen LogP contribution in [0.15, 0.2) is 35.6 Å². The zero-order valence-corrected chi connectivity index (χ0v) is 18.9. The molecule has 3 heterocycles. The Labute approximate surface area is 187 Å². The molecule has 0 atom stereocenters. The van der Waals surface area contributed by atoms with Gasteiger partial charge >= 0.3 is 0 Å². The Morgan fingerprint density at radius 3 is 2.97 bits per heavy atom. The molecule has 0 saturated carbocycles. The van der Waals surface area contributed by atoms with Crippen molar-refractivity contribution in [2.24, 2.45) is 7.05 Å². The molecule has 9 nitrogen and oxygen atoms in total. The summed E-state index contributed by atoms with van der Waals surface area (Å²) in [5, 5.41) is 14.9. The van der Waals surface area contributed by atoms with E-state index in [9.17, 15) is 4.79 Å². The SMILES string of the molecule is Cn1nnnc1SCCCC(=O)NCC=CCOc1cc(CN2CCCCC2)ccn1. The van der Waals surface area contributed by atoms with E-state index in [0.717, 1.165) is 23.9 Å². The molecule has 0 spiro atoms. The van der Waals surface area contributed by atoms with Gasteiger partial charge in [-0.25, -0.2) is 9.67 Å². The first-order chi connectivity index (χ1) is 15.2. The van der Waals surface area contributed by atoms with Gasteiger partial charge in [0.05, 0.1) is 0 Å². The number of carbonyl (C=O) groups excluding carboxylic acids is 1. The highest BCUT2D eigenvalue weighted by Crippen LogP contribution is 2.16. The number of tetrazole rings is 1. The second-order valence-corrected chi connectivity index (χ2v) is 8.52. The predicted octanol–water partition coefficient (Wildman–Crippen LogP) is 2.21. The predicted molar refractivity (Wildman–Crippen MR) is 120 cm³/mol. The van der Waals surface area contributed by atoms with Gasteiger partial charge in [-0.15, -0.1) is 5.10 Å². The molecule has 2 aromatic heterocycles. The van der Waals surface area contributed by atoms with Crippen molar-refractivity contribution in [1.29, 1.82) is 0 Å². The van der Waals surface area contributed by atoms with Crippen LogP contribution in [0.1, 0.15) is 37.7 Å². The molecule has 168 valence electrons. The Hall–Kier alpha value is -2.46. The van der Waals surface area contributed by atoms with E-state index < -0.39 is 0 Å². The van der Waals surface area contributed by atoms with Crippen LogP contribution in [-0.4, -0.2) is 68.0 Å². The Bertz CT molecular complexity index is 837. The van der Waals surface area contributed by atoms with Gasteiger partial charge in [-0.1, -0.05) is 24.3 Å². The van der Waals surface area contributed by atoms with E-state index in [1.54, 1.807) is 29.7 Å². The summed E-state index contributed by atoms with van der Waals surface area (Å²) in [6, 6.07) is 4.06. The van der Waals surface area contributed by atoms with E-state index >= 15 is 0 Å². The molecule has 1 aliphatic rings. The summed E-state index contributed by atoms with van der Waals surface area (Å²) in [4.78, 5) is 18.6. The molecule has 1 N–H and O–H groups in total. The number of amides is 1. The smallest absolute Gasteiger partial charge is 0.220 e. The van der Waals surface area contributed by atoms with Gasteiger partial charge in [-0.3, -0.25) is 9.69 Å². The molecule has 1 saturated heterocycles. The zero-order chi connectivity index (χ0) is 21.7. The van der Waals surface area contributed by atoms with Gasteiger partial charge in [0.2, 0.25) is 16.9 Å². The Morgan fingerprint density at radius 1 is 1.29 bits per heavy atom. The first-order valence-corrected chi connectivity index (χ1v) is 11.8. The topological polar surface area (TPSA) is 98.1 Å². The van der Waals surface area contributed by atoms with Gasteiger partial charge in [-0.2, -0.15) is 0 Å². The normalized spacial score (nSPS) is 14.7. The number of nitrogens with zero attached hydrogens (tertiary/aromatic N) is 6. The number of rotatable bonds is 12. The minimum absolute atomic E-state index is 0.0364. The summed E-state index contributed by atoms with van der Waals surface area (Å²) in [6.07, 6.45) is 10.8. The van der Waals surface area contributed by atoms with E-state index in [4.69, 9.17) is 4.74 Å². The van der Waals surface area contributed by atoms with E-state index in [1.807, 2.05) is 18.2 Å². The Balaban J connectivity index is 1.25. The third-order valence-corrected chi connectivity index (χ3v) is 6.02. The molecule has 1 aliphatic heterocycles. The summed E-state index contributed by atoms with van der Waals surface area (Å²) >= 11 is 1.55. The number of aryl methyl sites for hydroxylation is 1. The van der Waals surface area contributed by atoms with Gasteiger partial charge in [0, 0.05) is 44.6 Å². The molecule has 1 fully saturated rings. The lowest BCUT2D eigenvalue weighted by Crippen LogP contribution is -2.29. The first-order valence-electron chi connectivity index (χ1n) is 10.8. The van der Waals surface area contributed by atoms with Crippen LogP contribution in [0.4, 0.5) is 0 Å². The van der Waals surface area contributed by atoms with Crippen molar-refractivity contribution in [2.75, 3.05) is 32.0 Å². The van der Waals surface area contributed by atoms with Gasteiger partial charge in [-0.05, 0) is 60.5 Å². The van der Waals surface area contributed by atoms with Crippen LogP contribution in [-0.2, 0) is 18.4 Å². The summed E-state index contributed by atoms with van der Waals surface area (Å²) < 4.78 is 7.34. The van der Waals surface area contributed by atoms with Crippen LogP contribution in [0.5, 0.6) is 5.88 Å². The highest BCUT2D eigenvalue weighted by Gasteiger charge is 2.11. The van der Waals surface area contributed by atoms with Crippen LogP contribution in [0, 0.1) is 0 Å². The molecule has 0 unspecified atom stereocenters. The van der Waals surface area contributed by atoms with Crippen molar-refractivity contribution in [3.8, 4) is 5.88 Å². The average molecular weight is 446 g/mol. The number of likely N-dealkylation sites (tertiary alicyclic amines) is 1. The van der Waals surface area contributed by atoms with Gasteiger partial charge in [0.1, 0.15) is 6.61 Å². The van der Waals surface area contributed by atoms with Gasteiger partial charge < -0.3 is 10.1 Å². The van der Waals surface area contributed by atoms with Gasteiger partial charge in [0.25, 0.3) is 0 Å². The van der Waals surface area contributed by atoms with E-state index in [0.29, 0.717) is 25.5 Å². The maximum Gasteiger partial charge on any atom is 0.220 e. The molecule has 0 bridgehead atoms. The van der Waals surface area contributed by atoms with Gasteiger partial charge in [0.15, 0.2) is 0 Å². The minimum Gasteiger partial charge on any atom is -0.473 e. The number of hydrogen-bond acceptors (Lipinski definition) is 8. The van der Waals surface area contributed by atoms with Crippen molar-refractivity contribution in [1.82, 2.24) is 35.4 Å². The maximum atomic E-state index is 11.9. The maximum absolute atomic E-state index is 11.9. The molecule has 3 rings (SSSR count). The van der Waals surface area contributed by atoms with Crippen LogP contribution in [0.25, 0.3) is 0 Å². The number of aromatic nitrogens is 5. The Morgan fingerprint density at radius 2 is 2.16 bits per heavy atom. The number of hydrogen-bond donors (Lipinski definition) is 1. The standard InChI is InChI=1S/C21H31N7O2S/c1-27-21(24-25-26-27)31-15-7-8-19(29)22-10-3-6-14-30-20-16-18(9-11-23-20)17-28-12-4-2-5-13-28/h3,6,9,11,16H,2,4-5,7-8,10,12-15,17H2,1H3,(H,22,29). The molecule has 31 heavy (non-hydrogen) atoms. The lowest BCUT2D eigenvalue weighted by Gasteiger charge is -2.26. The monoisotopic (exact) mass is 445 g/mol. The average Bonchev–Trinajstić information content (AvgIpc) is 3.19. The molecule has 2 aromatic rings. The molecule has 0 radical (unpaired) electrons. The summed E-state index contributed by atoms with van der Waals surface area (Å²) in [7, 11) is 1.80. The van der Waals surface area contributed by atoms with Crippen LogP contribution in [0.2, 0.25) is 0 Å². The molecule has 0 aromatic carbocycles. The largest absolute Gasteiger partial charge is 0.473 e. The minimum atomic E-state index is 0.0364. The van der Waals surface area contributed by atoms with Crippen LogP contribution in [0.3, 0.4) is 0 Å². The highest BCUT2D eigenvalue weighted by molar-refractivity contribution is 7.99. The third kappa shape index (κ3) is 8.66. The number of piperidine rings is 1. The summed E-state index contributed by atoms with van der Waals surface area (Å²) in [5.41, 5.74) is 1.23. The summed E-state index contributed by atoms with van der Waals surface area (Å²) in [5.74, 6) is 1.47. The van der Waals surface area contributed by atoms with Crippen LogP contribution >= 0.6 is 11.8 Å². The molecule has 0 aliphatic carbocycles. The Kier molecular flexibility index (Phi) is 9.78. The lowest BCUT2D eigenvalue weighted by atomic mass is 10.1. The first kappa shape index (κ1) is 23.2. The van der Waals surface area contributed by atoms with E-state index in [-0.39, 0.29) is 5.91 Å². The third-order valence-electron chi connectivity index (χ3n) is 4.93. The second kappa shape index (κ2) is 13.1. The van der Waals surface area contributed by atoms with Crippen molar-refractivity contribution >= 4 is 17.7 Å². The van der Waals surface area contributed by atoms with E-state index in [1.165, 1.54) is 37.9 Å². The highest BCUT2D eigenvalue weighted by atomic mass is 32.2. The number of nitrogens with one attached hydrogen (secondary N) is 1. The fourth-order valence-electron chi connectivity index (χ4n) is 3.29.